The second kappa shape index (κ2) is 8.45. The molecule has 1 saturated carbocycles. The standard InChI is InChI=1S/C24H30O5S2/c1-13-3-4-14(22-20(26)19(25)21(27)23(29-22)30-2)9-15(13)10-17-5-6-18(31-17)24-7-8-28-12-16(24)11-24/h3-6,9,16,19-23,25-27H,7-8,10-12H2,1-2H3/t16-,19-,20-,21+,22+,23-,24+/m1/s1. The van der Waals surface area contributed by atoms with Gasteiger partial charge in [0.1, 0.15) is 29.9 Å². The van der Waals surface area contributed by atoms with E-state index in [2.05, 4.69) is 31.2 Å². The quantitative estimate of drug-likeness (QED) is 0.634. The van der Waals surface area contributed by atoms with Gasteiger partial charge < -0.3 is 24.8 Å². The van der Waals surface area contributed by atoms with Crippen LogP contribution in [0.2, 0.25) is 0 Å². The van der Waals surface area contributed by atoms with Gasteiger partial charge in [-0.1, -0.05) is 18.2 Å². The predicted molar refractivity (Wildman–Crippen MR) is 123 cm³/mol. The molecule has 0 bridgehead atoms. The second-order valence-corrected chi connectivity index (χ2v) is 11.2. The van der Waals surface area contributed by atoms with Crippen LogP contribution in [0.25, 0.3) is 0 Å². The van der Waals surface area contributed by atoms with E-state index in [1.54, 1.807) is 0 Å². The first kappa shape index (κ1) is 21.9. The number of aryl methyl sites for hydroxylation is 1. The molecule has 0 radical (unpaired) electrons. The third kappa shape index (κ3) is 3.88. The molecule has 5 rings (SSSR count). The summed E-state index contributed by atoms with van der Waals surface area (Å²) in [6.07, 6.45) is 0.882. The lowest BCUT2D eigenvalue weighted by atomic mass is 9.92. The Balaban J connectivity index is 1.36. The summed E-state index contributed by atoms with van der Waals surface area (Å²) in [4.78, 5) is 2.83. The fourth-order valence-corrected chi connectivity index (χ4v) is 7.12. The highest BCUT2D eigenvalue weighted by molar-refractivity contribution is 7.99. The monoisotopic (exact) mass is 462 g/mol. The molecule has 0 unspecified atom stereocenters. The van der Waals surface area contributed by atoms with Gasteiger partial charge in [0.2, 0.25) is 0 Å². The molecule has 7 atom stereocenters. The van der Waals surface area contributed by atoms with Crippen molar-refractivity contribution >= 4 is 23.1 Å². The van der Waals surface area contributed by atoms with Crippen LogP contribution >= 0.6 is 23.1 Å². The minimum atomic E-state index is -1.23. The number of hydrogen-bond acceptors (Lipinski definition) is 7. The molecule has 7 heteroatoms. The zero-order valence-electron chi connectivity index (χ0n) is 17.9. The first-order valence-corrected chi connectivity index (χ1v) is 13.0. The lowest BCUT2D eigenvalue weighted by Crippen LogP contribution is -2.52. The third-order valence-corrected chi connectivity index (χ3v) is 9.42. The molecule has 2 aliphatic heterocycles. The summed E-state index contributed by atoms with van der Waals surface area (Å²) in [6.45, 7) is 3.87. The normalized spacial score (nSPS) is 37.5. The SMILES string of the molecule is CS[C@H]1O[C@@H](c2ccc(C)c(Cc3ccc([C@]45CCOC[C@H]4C5)s3)c2)[C@H](O)[C@@H](O)[C@@H]1O. The van der Waals surface area contributed by atoms with Crippen LogP contribution in [0.15, 0.2) is 30.3 Å². The number of thioether (sulfide) groups is 1. The van der Waals surface area contributed by atoms with E-state index >= 15 is 0 Å². The van der Waals surface area contributed by atoms with Crippen LogP contribution in [-0.2, 0) is 21.3 Å². The van der Waals surface area contributed by atoms with Gasteiger partial charge in [-0.25, -0.2) is 0 Å². The topological polar surface area (TPSA) is 79.2 Å². The molecule has 1 aromatic heterocycles. The Morgan fingerprint density at radius 1 is 1.13 bits per heavy atom. The summed E-state index contributed by atoms with van der Waals surface area (Å²) in [5.74, 6) is 0.689. The van der Waals surface area contributed by atoms with E-state index in [0.29, 0.717) is 11.3 Å². The maximum Gasteiger partial charge on any atom is 0.132 e. The Bertz CT molecular complexity index is 944. The average molecular weight is 463 g/mol. The Morgan fingerprint density at radius 2 is 1.97 bits per heavy atom. The van der Waals surface area contributed by atoms with Gasteiger partial charge >= 0.3 is 0 Å². The van der Waals surface area contributed by atoms with E-state index in [-0.39, 0.29) is 0 Å². The Labute approximate surface area is 191 Å². The van der Waals surface area contributed by atoms with Crippen LogP contribution in [0.4, 0.5) is 0 Å². The predicted octanol–water partition coefficient (Wildman–Crippen LogP) is 3.17. The summed E-state index contributed by atoms with van der Waals surface area (Å²) in [6, 6.07) is 10.6. The van der Waals surface area contributed by atoms with Gasteiger partial charge in [-0.3, -0.25) is 0 Å². The van der Waals surface area contributed by atoms with Crippen LogP contribution in [0.3, 0.4) is 0 Å². The largest absolute Gasteiger partial charge is 0.387 e. The maximum absolute atomic E-state index is 10.6. The Kier molecular flexibility index (Phi) is 5.97. The van der Waals surface area contributed by atoms with Crippen molar-refractivity contribution in [3.63, 3.8) is 0 Å². The zero-order chi connectivity index (χ0) is 21.8. The Morgan fingerprint density at radius 3 is 2.74 bits per heavy atom. The first-order chi connectivity index (χ1) is 14.9. The highest BCUT2D eigenvalue weighted by atomic mass is 32.2. The molecule has 3 aliphatic rings. The van der Waals surface area contributed by atoms with Crippen LogP contribution < -0.4 is 0 Å². The van der Waals surface area contributed by atoms with E-state index in [1.165, 1.54) is 39.1 Å². The third-order valence-electron chi connectivity index (χ3n) is 7.26. The summed E-state index contributed by atoms with van der Waals surface area (Å²) in [5.41, 5.74) is 3.01. The molecular weight excluding hydrogens is 432 g/mol. The smallest absolute Gasteiger partial charge is 0.132 e. The highest BCUT2D eigenvalue weighted by Crippen LogP contribution is 2.60. The summed E-state index contributed by atoms with van der Waals surface area (Å²) in [7, 11) is 0. The summed E-state index contributed by atoms with van der Waals surface area (Å²) < 4.78 is 11.6. The molecule has 1 aliphatic carbocycles. The minimum absolute atomic E-state index is 0.363. The van der Waals surface area contributed by atoms with Gasteiger partial charge in [0.05, 0.1) is 6.61 Å². The fourth-order valence-electron chi connectivity index (χ4n) is 5.12. The first-order valence-electron chi connectivity index (χ1n) is 10.9. The Hall–Kier alpha value is -0.930. The van der Waals surface area contributed by atoms with Crippen molar-refractivity contribution in [2.75, 3.05) is 19.5 Å². The van der Waals surface area contributed by atoms with Crippen molar-refractivity contribution < 1.29 is 24.8 Å². The lowest BCUT2D eigenvalue weighted by molar-refractivity contribution is -0.200. The number of fused-ring (bicyclic) bond motifs is 1. The molecule has 0 amide bonds. The molecule has 2 aromatic rings. The van der Waals surface area contributed by atoms with Crippen LogP contribution in [0, 0.1) is 12.8 Å². The molecule has 3 fully saturated rings. The second-order valence-electron chi connectivity index (χ2n) is 9.14. The van der Waals surface area contributed by atoms with Crippen molar-refractivity contribution in [1.29, 1.82) is 0 Å². The van der Waals surface area contributed by atoms with E-state index in [9.17, 15) is 15.3 Å². The molecule has 3 heterocycles. The summed E-state index contributed by atoms with van der Waals surface area (Å²) in [5, 5.41) is 31.0. The van der Waals surface area contributed by atoms with Crippen molar-refractivity contribution in [3.05, 3.63) is 56.8 Å². The van der Waals surface area contributed by atoms with Gasteiger partial charge in [0.15, 0.2) is 0 Å². The number of aliphatic hydroxyl groups excluding tert-OH is 3. The maximum atomic E-state index is 10.6. The molecular formula is C24H30O5S2. The number of thiophene rings is 1. The van der Waals surface area contributed by atoms with Gasteiger partial charge in [-0.05, 0) is 60.8 Å². The van der Waals surface area contributed by atoms with E-state index in [1.807, 2.05) is 23.7 Å². The van der Waals surface area contributed by atoms with Gasteiger partial charge in [-0.2, -0.15) is 0 Å². The van der Waals surface area contributed by atoms with E-state index in [0.717, 1.165) is 31.6 Å². The van der Waals surface area contributed by atoms with E-state index in [4.69, 9.17) is 9.47 Å². The van der Waals surface area contributed by atoms with Crippen LogP contribution in [0.1, 0.15) is 45.4 Å². The molecule has 1 aromatic carbocycles. The van der Waals surface area contributed by atoms with Crippen molar-refractivity contribution in [1.82, 2.24) is 0 Å². The van der Waals surface area contributed by atoms with Crippen molar-refractivity contribution in [2.24, 2.45) is 5.92 Å². The number of hydrogen-bond donors (Lipinski definition) is 3. The fraction of sp³-hybridized carbons (Fsp3) is 0.583. The van der Waals surface area contributed by atoms with Crippen molar-refractivity contribution in [3.8, 4) is 0 Å². The number of aliphatic hydroxyl groups is 3. The molecule has 2 saturated heterocycles. The molecule has 168 valence electrons. The van der Waals surface area contributed by atoms with Gasteiger partial charge in [0, 0.05) is 28.2 Å². The zero-order valence-corrected chi connectivity index (χ0v) is 19.5. The highest BCUT2D eigenvalue weighted by Gasteiger charge is 2.57. The number of ether oxygens (including phenoxy) is 2. The minimum Gasteiger partial charge on any atom is -0.387 e. The van der Waals surface area contributed by atoms with Crippen LogP contribution in [-0.4, -0.2) is 58.5 Å². The van der Waals surface area contributed by atoms with Crippen molar-refractivity contribution in [2.45, 2.75) is 61.5 Å². The number of benzene rings is 1. The molecule has 3 N–H and O–H groups in total. The van der Waals surface area contributed by atoms with Gasteiger partial charge in [0.25, 0.3) is 0 Å². The molecule has 0 spiro atoms. The lowest BCUT2D eigenvalue weighted by Gasteiger charge is -2.40. The van der Waals surface area contributed by atoms with Gasteiger partial charge in [-0.15, -0.1) is 23.1 Å². The molecule has 31 heavy (non-hydrogen) atoms. The molecule has 5 nitrogen and oxygen atoms in total. The van der Waals surface area contributed by atoms with E-state index < -0.39 is 29.9 Å². The average Bonchev–Trinajstić information content (AvgIpc) is 3.35. The van der Waals surface area contributed by atoms with Crippen LogP contribution in [0.5, 0.6) is 0 Å². The summed E-state index contributed by atoms with van der Waals surface area (Å²) >= 11 is 3.25. The number of rotatable bonds is 5.